The molecule has 2 aromatic heterocycles. The van der Waals surface area contributed by atoms with E-state index in [2.05, 4.69) is 9.97 Å². The van der Waals surface area contributed by atoms with Crippen LogP contribution >= 0.6 is 11.3 Å². The fraction of sp³-hybridized carbons (Fsp3) is 0.273. The second-order valence-corrected chi connectivity index (χ2v) is 4.30. The van der Waals surface area contributed by atoms with Crippen LogP contribution in [-0.4, -0.2) is 9.97 Å². The summed E-state index contributed by atoms with van der Waals surface area (Å²) < 4.78 is 5.63. The van der Waals surface area contributed by atoms with Crippen LogP contribution in [0.25, 0.3) is 0 Å². The zero-order chi connectivity index (χ0) is 11.4. The normalized spacial score (nSPS) is 10.4. The Labute approximate surface area is 98.1 Å². The van der Waals surface area contributed by atoms with Gasteiger partial charge in [0, 0.05) is 23.8 Å². The molecule has 0 amide bonds. The monoisotopic (exact) mass is 235 g/mol. The number of aryl methyl sites for hydroxylation is 1. The van der Waals surface area contributed by atoms with E-state index in [1.54, 1.807) is 17.5 Å². The van der Waals surface area contributed by atoms with Gasteiger partial charge in [-0.3, -0.25) is 4.98 Å². The van der Waals surface area contributed by atoms with Gasteiger partial charge >= 0.3 is 0 Å². The molecule has 0 saturated carbocycles. The smallest absolute Gasteiger partial charge is 0.142 e. The van der Waals surface area contributed by atoms with Crippen molar-refractivity contribution in [1.29, 1.82) is 0 Å². The predicted molar refractivity (Wildman–Crippen MR) is 63.3 cm³/mol. The summed E-state index contributed by atoms with van der Waals surface area (Å²) in [6.45, 7) is 2.79. The number of ether oxygens (including phenoxy) is 1. The first-order valence-corrected chi connectivity index (χ1v) is 5.85. The molecule has 0 bridgehead atoms. The molecule has 0 unspecified atom stereocenters. The highest BCUT2D eigenvalue weighted by atomic mass is 32.1. The summed E-state index contributed by atoms with van der Waals surface area (Å²) in [5.74, 6) is 0.739. The number of hydrogen-bond donors (Lipinski definition) is 1. The van der Waals surface area contributed by atoms with Gasteiger partial charge in [-0.15, -0.1) is 11.3 Å². The van der Waals surface area contributed by atoms with Crippen molar-refractivity contribution in [2.75, 3.05) is 0 Å². The quantitative estimate of drug-likeness (QED) is 0.879. The molecule has 0 aliphatic rings. The summed E-state index contributed by atoms with van der Waals surface area (Å²) >= 11 is 1.57. The van der Waals surface area contributed by atoms with Crippen LogP contribution in [0.15, 0.2) is 23.7 Å². The van der Waals surface area contributed by atoms with E-state index in [9.17, 15) is 0 Å². The number of pyridine rings is 1. The topological polar surface area (TPSA) is 61.0 Å². The highest BCUT2D eigenvalue weighted by Gasteiger charge is 2.05. The van der Waals surface area contributed by atoms with Crippen LogP contribution in [0.4, 0.5) is 0 Å². The molecule has 0 saturated heterocycles. The third kappa shape index (κ3) is 2.56. The fourth-order valence-electron chi connectivity index (χ4n) is 1.34. The van der Waals surface area contributed by atoms with Gasteiger partial charge in [-0.05, 0) is 19.1 Å². The SMILES string of the molecule is Cc1ccc(OCc2nccs2)c(CN)n1. The van der Waals surface area contributed by atoms with Gasteiger partial charge in [0.15, 0.2) is 0 Å². The van der Waals surface area contributed by atoms with Crippen LogP contribution in [0.1, 0.15) is 16.4 Å². The number of hydrogen-bond acceptors (Lipinski definition) is 5. The van der Waals surface area contributed by atoms with Crippen LogP contribution in [0.2, 0.25) is 0 Å². The van der Waals surface area contributed by atoms with Gasteiger partial charge in [0.1, 0.15) is 17.4 Å². The Morgan fingerprint density at radius 1 is 1.44 bits per heavy atom. The van der Waals surface area contributed by atoms with E-state index in [0.29, 0.717) is 13.2 Å². The second kappa shape index (κ2) is 5.05. The maximum Gasteiger partial charge on any atom is 0.142 e. The molecule has 0 spiro atoms. The van der Waals surface area contributed by atoms with Crippen molar-refractivity contribution < 1.29 is 4.74 Å². The molecule has 84 valence electrons. The van der Waals surface area contributed by atoms with Crippen LogP contribution in [-0.2, 0) is 13.2 Å². The maximum absolute atomic E-state index is 5.63. The molecular formula is C11H13N3OS. The molecule has 0 fully saturated rings. The van der Waals surface area contributed by atoms with Gasteiger partial charge in [0.2, 0.25) is 0 Å². The average Bonchev–Trinajstić information content (AvgIpc) is 2.80. The first-order valence-electron chi connectivity index (χ1n) is 4.97. The highest BCUT2D eigenvalue weighted by molar-refractivity contribution is 7.09. The standard InChI is InChI=1S/C11H13N3OS/c1-8-2-3-10(9(6-12)14-8)15-7-11-13-4-5-16-11/h2-5H,6-7,12H2,1H3. The van der Waals surface area contributed by atoms with Crippen LogP contribution in [0, 0.1) is 6.92 Å². The third-order valence-electron chi connectivity index (χ3n) is 2.10. The van der Waals surface area contributed by atoms with E-state index < -0.39 is 0 Å². The van der Waals surface area contributed by atoms with E-state index in [0.717, 1.165) is 22.1 Å². The van der Waals surface area contributed by atoms with E-state index >= 15 is 0 Å². The Morgan fingerprint density at radius 2 is 2.31 bits per heavy atom. The highest BCUT2D eigenvalue weighted by Crippen LogP contribution is 2.18. The van der Waals surface area contributed by atoms with E-state index in [1.165, 1.54) is 0 Å². The molecule has 0 aromatic carbocycles. The van der Waals surface area contributed by atoms with E-state index in [1.807, 2.05) is 24.4 Å². The third-order valence-corrected chi connectivity index (χ3v) is 2.85. The average molecular weight is 235 g/mol. The van der Waals surface area contributed by atoms with Gasteiger partial charge in [0.05, 0.1) is 5.69 Å². The summed E-state index contributed by atoms with van der Waals surface area (Å²) in [7, 11) is 0. The summed E-state index contributed by atoms with van der Waals surface area (Å²) in [5.41, 5.74) is 7.35. The predicted octanol–water partition coefficient (Wildman–Crippen LogP) is 1.88. The molecule has 2 rings (SSSR count). The van der Waals surface area contributed by atoms with Crippen LogP contribution in [0.3, 0.4) is 0 Å². The molecule has 0 aliphatic heterocycles. The molecule has 4 nitrogen and oxygen atoms in total. The van der Waals surface area contributed by atoms with Crippen molar-refractivity contribution >= 4 is 11.3 Å². The zero-order valence-corrected chi connectivity index (χ0v) is 9.83. The lowest BCUT2D eigenvalue weighted by atomic mass is 10.3. The minimum atomic E-state index is 0.384. The Kier molecular flexibility index (Phi) is 3.48. The molecule has 16 heavy (non-hydrogen) atoms. The molecule has 0 atom stereocenters. The minimum Gasteiger partial charge on any atom is -0.484 e. The Balaban J connectivity index is 2.09. The second-order valence-electron chi connectivity index (χ2n) is 3.32. The van der Waals surface area contributed by atoms with Crippen molar-refractivity contribution in [1.82, 2.24) is 9.97 Å². The van der Waals surface area contributed by atoms with Gasteiger partial charge in [0.25, 0.3) is 0 Å². The molecule has 2 heterocycles. The number of thiazole rings is 1. The van der Waals surface area contributed by atoms with E-state index in [-0.39, 0.29) is 0 Å². The Morgan fingerprint density at radius 3 is 3.00 bits per heavy atom. The summed E-state index contributed by atoms with van der Waals surface area (Å²) in [4.78, 5) is 8.47. The van der Waals surface area contributed by atoms with Crippen molar-refractivity contribution in [3.8, 4) is 5.75 Å². The van der Waals surface area contributed by atoms with Gasteiger partial charge in [-0.2, -0.15) is 0 Å². The first-order chi connectivity index (χ1) is 7.79. The van der Waals surface area contributed by atoms with E-state index in [4.69, 9.17) is 10.5 Å². The molecular weight excluding hydrogens is 222 g/mol. The Hall–Kier alpha value is -1.46. The summed E-state index contributed by atoms with van der Waals surface area (Å²) in [6.07, 6.45) is 1.76. The number of nitrogens with two attached hydrogens (primary N) is 1. The molecule has 5 heteroatoms. The zero-order valence-electron chi connectivity index (χ0n) is 9.01. The van der Waals surface area contributed by atoms with Crippen molar-refractivity contribution in [2.24, 2.45) is 5.73 Å². The van der Waals surface area contributed by atoms with Crippen molar-refractivity contribution in [3.05, 3.63) is 40.1 Å². The molecule has 0 aliphatic carbocycles. The molecule has 2 N–H and O–H groups in total. The van der Waals surface area contributed by atoms with Crippen molar-refractivity contribution in [2.45, 2.75) is 20.1 Å². The lowest BCUT2D eigenvalue weighted by Crippen LogP contribution is -2.05. The number of nitrogens with zero attached hydrogens (tertiary/aromatic N) is 2. The molecule has 0 radical (unpaired) electrons. The summed E-state index contributed by atoms with van der Waals surface area (Å²) in [6, 6.07) is 3.81. The largest absolute Gasteiger partial charge is 0.484 e. The number of rotatable bonds is 4. The van der Waals surface area contributed by atoms with Crippen LogP contribution in [0.5, 0.6) is 5.75 Å². The van der Waals surface area contributed by atoms with Gasteiger partial charge < -0.3 is 10.5 Å². The first kappa shape index (κ1) is 11.0. The summed E-state index contributed by atoms with van der Waals surface area (Å²) in [5, 5.41) is 2.87. The molecule has 2 aromatic rings. The minimum absolute atomic E-state index is 0.384. The lowest BCUT2D eigenvalue weighted by Gasteiger charge is -2.08. The van der Waals surface area contributed by atoms with Gasteiger partial charge in [-0.25, -0.2) is 4.98 Å². The fourth-order valence-corrected chi connectivity index (χ4v) is 1.87. The lowest BCUT2D eigenvalue weighted by molar-refractivity contribution is 0.300. The number of aromatic nitrogens is 2. The van der Waals surface area contributed by atoms with Gasteiger partial charge in [-0.1, -0.05) is 0 Å². The maximum atomic E-state index is 5.63. The Bertz CT molecular complexity index is 456. The van der Waals surface area contributed by atoms with Crippen molar-refractivity contribution in [3.63, 3.8) is 0 Å². The van der Waals surface area contributed by atoms with Crippen LogP contribution < -0.4 is 10.5 Å².